The van der Waals surface area contributed by atoms with Gasteiger partial charge in [0.25, 0.3) is 11.8 Å². The number of benzene rings is 1. The van der Waals surface area contributed by atoms with Crippen LogP contribution in [0.1, 0.15) is 34.6 Å². The van der Waals surface area contributed by atoms with Gasteiger partial charge in [-0.1, -0.05) is 30.3 Å². The molecule has 3 amide bonds. The van der Waals surface area contributed by atoms with Crippen molar-refractivity contribution in [1.82, 2.24) is 20.8 Å². The molecule has 2 aliphatic rings. The SMILES string of the molecule is Cc1nc(-c2ccccc2)sc1C(=O)NNC(=O)C1=NN([C@@H]2CCS(=O)(=O)C2)C(=O)CC1. The quantitative estimate of drug-likeness (QED) is 0.634. The van der Waals surface area contributed by atoms with Crippen molar-refractivity contribution in [1.29, 1.82) is 0 Å². The highest BCUT2D eigenvalue weighted by atomic mass is 32.2. The van der Waals surface area contributed by atoms with E-state index in [1.807, 2.05) is 30.3 Å². The van der Waals surface area contributed by atoms with Crippen molar-refractivity contribution in [2.45, 2.75) is 32.2 Å². The molecule has 1 atom stereocenters. The number of hydrogen-bond donors (Lipinski definition) is 2. The summed E-state index contributed by atoms with van der Waals surface area (Å²) in [6, 6.07) is 8.87. The van der Waals surface area contributed by atoms with Gasteiger partial charge in [0, 0.05) is 18.4 Å². The van der Waals surface area contributed by atoms with E-state index in [4.69, 9.17) is 0 Å². The molecular formula is C20H21N5O5S2. The Morgan fingerprint density at radius 2 is 1.84 bits per heavy atom. The average Bonchev–Trinajstić information content (AvgIpc) is 3.34. The van der Waals surface area contributed by atoms with Gasteiger partial charge in [0.15, 0.2) is 9.84 Å². The van der Waals surface area contributed by atoms with E-state index in [0.29, 0.717) is 15.6 Å². The largest absolute Gasteiger partial charge is 0.285 e. The Labute approximate surface area is 188 Å². The van der Waals surface area contributed by atoms with Crippen LogP contribution in [0.15, 0.2) is 35.4 Å². The molecule has 10 nitrogen and oxygen atoms in total. The molecule has 1 aromatic heterocycles. The fourth-order valence-electron chi connectivity index (χ4n) is 3.54. The van der Waals surface area contributed by atoms with Gasteiger partial charge in [0.05, 0.1) is 23.2 Å². The van der Waals surface area contributed by atoms with E-state index in [1.54, 1.807) is 6.92 Å². The van der Waals surface area contributed by atoms with E-state index >= 15 is 0 Å². The Hall–Kier alpha value is -3.12. The van der Waals surface area contributed by atoms with Gasteiger partial charge in [-0.25, -0.2) is 18.4 Å². The van der Waals surface area contributed by atoms with E-state index in [9.17, 15) is 22.8 Å². The van der Waals surface area contributed by atoms with Crippen LogP contribution in [0.25, 0.3) is 10.6 Å². The molecule has 0 unspecified atom stereocenters. The molecule has 12 heteroatoms. The molecule has 1 saturated heterocycles. The Bertz CT molecular complexity index is 1210. The zero-order valence-corrected chi connectivity index (χ0v) is 18.8. The van der Waals surface area contributed by atoms with Gasteiger partial charge in [-0.2, -0.15) is 5.10 Å². The summed E-state index contributed by atoms with van der Waals surface area (Å²) in [4.78, 5) is 42.1. The zero-order valence-electron chi connectivity index (χ0n) is 17.2. The van der Waals surface area contributed by atoms with Crippen LogP contribution in [0.5, 0.6) is 0 Å². The van der Waals surface area contributed by atoms with Crippen LogP contribution in [-0.2, 0) is 19.4 Å². The van der Waals surface area contributed by atoms with Crippen LogP contribution in [0, 0.1) is 6.92 Å². The molecule has 0 bridgehead atoms. The fourth-order valence-corrected chi connectivity index (χ4v) is 6.20. The number of aromatic nitrogens is 1. The number of nitrogens with one attached hydrogen (secondary N) is 2. The second-order valence-corrected chi connectivity index (χ2v) is 10.8. The number of hydrazone groups is 1. The van der Waals surface area contributed by atoms with Crippen molar-refractivity contribution in [3.05, 3.63) is 40.9 Å². The minimum absolute atomic E-state index is 0.00623. The lowest BCUT2D eigenvalue weighted by molar-refractivity contribution is -0.133. The van der Waals surface area contributed by atoms with E-state index in [0.717, 1.165) is 10.6 Å². The van der Waals surface area contributed by atoms with Crippen molar-refractivity contribution in [3.8, 4) is 10.6 Å². The average molecular weight is 476 g/mol. The minimum Gasteiger partial charge on any atom is -0.273 e. The van der Waals surface area contributed by atoms with Crippen LogP contribution in [0.3, 0.4) is 0 Å². The molecule has 1 aromatic carbocycles. The standard InChI is InChI=1S/C20H21N5O5S2/c1-12-17(31-20(21-12)13-5-3-2-4-6-13)19(28)23-22-18(27)15-7-8-16(26)25(24-15)14-9-10-32(29,30)11-14/h2-6,14H,7-11H2,1H3,(H,22,27)(H,23,28)/t14-/m1/s1. The third-order valence-corrected chi connectivity index (χ3v) is 8.14. The van der Waals surface area contributed by atoms with Gasteiger partial charge < -0.3 is 0 Å². The molecule has 4 rings (SSSR count). The summed E-state index contributed by atoms with van der Waals surface area (Å²) in [6.45, 7) is 1.71. The molecule has 0 aliphatic carbocycles. The lowest BCUT2D eigenvalue weighted by Gasteiger charge is -2.27. The summed E-state index contributed by atoms with van der Waals surface area (Å²) in [5.41, 5.74) is 6.17. The topological polar surface area (TPSA) is 138 Å². The number of carbonyl (C=O) groups is 3. The smallest absolute Gasteiger partial charge is 0.273 e. The summed E-state index contributed by atoms with van der Waals surface area (Å²) >= 11 is 1.21. The van der Waals surface area contributed by atoms with Gasteiger partial charge in [-0.05, 0) is 13.3 Å². The molecule has 0 spiro atoms. The van der Waals surface area contributed by atoms with Crippen molar-refractivity contribution in [2.24, 2.45) is 5.10 Å². The number of sulfone groups is 1. The first-order valence-electron chi connectivity index (χ1n) is 9.97. The van der Waals surface area contributed by atoms with Gasteiger partial charge in [-0.3, -0.25) is 25.2 Å². The van der Waals surface area contributed by atoms with Gasteiger partial charge in [0.1, 0.15) is 15.6 Å². The fraction of sp³-hybridized carbons (Fsp3) is 0.350. The number of hydrogen-bond acceptors (Lipinski definition) is 8. The summed E-state index contributed by atoms with van der Waals surface area (Å²) in [6.07, 6.45) is 0.441. The summed E-state index contributed by atoms with van der Waals surface area (Å²) < 4.78 is 23.4. The minimum atomic E-state index is -3.21. The number of aryl methyl sites for hydroxylation is 1. The molecule has 1 fully saturated rings. The van der Waals surface area contributed by atoms with E-state index < -0.39 is 27.7 Å². The maximum atomic E-state index is 12.6. The van der Waals surface area contributed by atoms with Crippen molar-refractivity contribution < 1.29 is 22.8 Å². The van der Waals surface area contributed by atoms with Gasteiger partial charge in [-0.15, -0.1) is 11.3 Å². The van der Waals surface area contributed by atoms with E-state index in [2.05, 4.69) is 20.9 Å². The maximum Gasteiger partial charge on any atom is 0.285 e. The highest BCUT2D eigenvalue weighted by Crippen LogP contribution is 2.27. The zero-order chi connectivity index (χ0) is 22.9. The number of amides is 3. The Kier molecular flexibility index (Phi) is 6.07. The molecule has 3 heterocycles. The lowest BCUT2D eigenvalue weighted by atomic mass is 10.1. The number of nitrogens with zero attached hydrogens (tertiary/aromatic N) is 3. The third-order valence-electron chi connectivity index (χ3n) is 5.19. The number of hydrazine groups is 1. The molecule has 0 saturated carbocycles. The van der Waals surface area contributed by atoms with E-state index in [1.165, 1.54) is 11.3 Å². The summed E-state index contributed by atoms with van der Waals surface area (Å²) in [5.74, 6) is -1.65. The molecule has 32 heavy (non-hydrogen) atoms. The van der Waals surface area contributed by atoms with Crippen LogP contribution in [-0.4, -0.2) is 59.4 Å². The number of thiazole rings is 1. The Balaban J connectivity index is 1.41. The van der Waals surface area contributed by atoms with Crippen molar-refractivity contribution in [2.75, 3.05) is 11.5 Å². The highest BCUT2D eigenvalue weighted by Gasteiger charge is 2.37. The maximum absolute atomic E-state index is 12.6. The highest BCUT2D eigenvalue weighted by molar-refractivity contribution is 7.91. The first-order chi connectivity index (χ1) is 15.2. The predicted molar refractivity (Wildman–Crippen MR) is 118 cm³/mol. The molecule has 0 radical (unpaired) electrons. The first-order valence-corrected chi connectivity index (χ1v) is 12.6. The summed E-state index contributed by atoms with van der Waals surface area (Å²) in [5, 5.41) is 5.88. The van der Waals surface area contributed by atoms with Gasteiger partial charge >= 0.3 is 0 Å². The number of carbonyl (C=O) groups excluding carboxylic acids is 3. The van der Waals surface area contributed by atoms with Gasteiger partial charge in [0.2, 0.25) is 5.91 Å². The predicted octanol–water partition coefficient (Wildman–Crippen LogP) is 1.05. The van der Waals surface area contributed by atoms with E-state index in [-0.39, 0.29) is 42.4 Å². The van der Waals surface area contributed by atoms with Crippen molar-refractivity contribution >= 4 is 44.6 Å². The molecular weight excluding hydrogens is 454 g/mol. The molecule has 2 N–H and O–H groups in total. The van der Waals surface area contributed by atoms with Crippen LogP contribution in [0.4, 0.5) is 0 Å². The van der Waals surface area contributed by atoms with Crippen LogP contribution >= 0.6 is 11.3 Å². The Morgan fingerprint density at radius 1 is 1.12 bits per heavy atom. The first kappa shape index (κ1) is 22.1. The molecule has 2 aliphatic heterocycles. The summed E-state index contributed by atoms with van der Waals surface area (Å²) in [7, 11) is -3.21. The number of rotatable bonds is 4. The third kappa shape index (κ3) is 4.70. The Morgan fingerprint density at radius 3 is 2.53 bits per heavy atom. The monoisotopic (exact) mass is 475 g/mol. The molecule has 2 aromatic rings. The second kappa shape index (κ2) is 8.79. The van der Waals surface area contributed by atoms with Crippen LogP contribution in [0.2, 0.25) is 0 Å². The molecule has 168 valence electrons. The lowest BCUT2D eigenvalue weighted by Crippen LogP contribution is -2.48. The second-order valence-electron chi connectivity index (χ2n) is 7.55. The van der Waals surface area contributed by atoms with Crippen LogP contribution < -0.4 is 10.9 Å². The van der Waals surface area contributed by atoms with Crippen molar-refractivity contribution in [3.63, 3.8) is 0 Å². The normalized spacial score (nSPS) is 20.0.